The van der Waals surface area contributed by atoms with E-state index in [4.69, 9.17) is 0 Å². The maximum Gasteiger partial charge on any atom is 0.272 e. The maximum absolute atomic E-state index is 13.0. The van der Waals surface area contributed by atoms with Crippen LogP contribution in [-0.4, -0.2) is 16.8 Å². The highest BCUT2D eigenvalue weighted by atomic mass is 16.2. The van der Waals surface area contributed by atoms with Gasteiger partial charge in [0.25, 0.3) is 11.8 Å². The van der Waals surface area contributed by atoms with Crippen LogP contribution in [0, 0.1) is 6.92 Å². The van der Waals surface area contributed by atoms with Crippen molar-refractivity contribution in [3.05, 3.63) is 107 Å². The van der Waals surface area contributed by atoms with E-state index in [1.807, 2.05) is 67.7 Å². The number of hydrogen-bond donors (Lipinski definition) is 3. The first kappa shape index (κ1) is 19.2. The molecule has 0 radical (unpaired) electrons. The van der Waals surface area contributed by atoms with Crippen molar-refractivity contribution in [3.63, 3.8) is 0 Å². The number of H-pyrrole nitrogens is 1. The van der Waals surface area contributed by atoms with E-state index in [1.54, 1.807) is 30.3 Å². The second kappa shape index (κ2) is 8.49. The summed E-state index contributed by atoms with van der Waals surface area (Å²) in [5.41, 5.74) is 4.16. The number of nitrogens with one attached hydrogen (secondary N) is 3. The number of aromatic amines is 1. The molecule has 1 aromatic heterocycles. The van der Waals surface area contributed by atoms with Gasteiger partial charge in [0.2, 0.25) is 0 Å². The molecule has 0 spiro atoms. The first-order valence-corrected chi connectivity index (χ1v) is 9.62. The van der Waals surface area contributed by atoms with E-state index < -0.39 is 5.91 Å². The summed E-state index contributed by atoms with van der Waals surface area (Å²) < 4.78 is 0. The summed E-state index contributed by atoms with van der Waals surface area (Å²) in [7, 11) is 0. The molecule has 0 bridgehead atoms. The zero-order chi connectivity index (χ0) is 20.9. The fourth-order valence-electron chi connectivity index (χ4n) is 3.15. The third kappa shape index (κ3) is 4.31. The number of amides is 2. The standard InChI is InChI=1S/C25H21N3O2/c1-17-11-13-20(14-12-17)27-25(30)23(28-24(29)18-7-3-2-4-8-18)15-19-16-26-22-10-6-5-9-21(19)22/h2-16,26H,1H3,(H,27,30)(H,28,29)/b23-15+. The van der Waals surface area contributed by atoms with Crippen molar-refractivity contribution in [2.24, 2.45) is 0 Å². The molecular formula is C25H21N3O2. The summed E-state index contributed by atoms with van der Waals surface area (Å²) in [6.45, 7) is 1.98. The van der Waals surface area contributed by atoms with Crippen LogP contribution in [0.3, 0.4) is 0 Å². The molecule has 5 heteroatoms. The van der Waals surface area contributed by atoms with E-state index in [2.05, 4.69) is 15.6 Å². The van der Waals surface area contributed by atoms with Gasteiger partial charge in [-0.2, -0.15) is 0 Å². The van der Waals surface area contributed by atoms with Crippen LogP contribution in [0.15, 0.2) is 90.8 Å². The molecule has 0 saturated heterocycles. The topological polar surface area (TPSA) is 74.0 Å². The molecule has 0 aliphatic carbocycles. The van der Waals surface area contributed by atoms with Crippen molar-refractivity contribution in [3.8, 4) is 0 Å². The molecule has 148 valence electrons. The average molecular weight is 395 g/mol. The number of hydrogen-bond acceptors (Lipinski definition) is 2. The van der Waals surface area contributed by atoms with Gasteiger partial charge in [-0.25, -0.2) is 0 Å². The summed E-state index contributed by atoms with van der Waals surface area (Å²) in [6, 6.07) is 24.1. The van der Waals surface area contributed by atoms with Crippen molar-refractivity contribution in [2.45, 2.75) is 6.92 Å². The third-order valence-corrected chi connectivity index (χ3v) is 4.76. The Kier molecular flexibility index (Phi) is 5.44. The SMILES string of the molecule is Cc1ccc(NC(=O)/C(=C\c2c[nH]c3ccccc23)NC(=O)c2ccccc2)cc1. The Labute approximate surface area is 174 Å². The number of fused-ring (bicyclic) bond motifs is 1. The minimum atomic E-state index is -0.395. The number of rotatable bonds is 5. The second-order valence-corrected chi connectivity index (χ2v) is 6.99. The Morgan fingerprint density at radius 1 is 0.867 bits per heavy atom. The summed E-state index contributed by atoms with van der Waals surface area (Å²) in [5.74, 6) is -0.742. The summed E-state index contributed by atoms with van der Waals surface area (Å²) in [4.78, 5) is 28.9. The Bertz CT molecular complexity index is 1220. The molecule has 0 atom stereocenters. The zero-order valence-electron chi connectivity index (χ0n) is 16.5. The van der Waals surface area contributed by atoms with Crippen LogP contribution in [0.5, 0.6) is 0 Å². The molecule has 4 aromatic rings. The lowest BCUT2D eigenvalue weighted by Crippen LogP contribution is -2.30. The van der Waals surface area contributed by atoms with Gasteiger partial charge in [0, 0.05) is 33.9 Å². The van der Waals surface area contributed by atoms with Crippen LogP contribution in [0.2, 0.25) is 0 Å². The number of para-hydroxylation sites is 1. The molecule has 0 unspecified atom stereocenters. The second-order valence-electron chi connectivity index (χ2n) is 6.99. The number of aryl methyl sites for hydroxylation is 1. The van der Waals surface area contributed by atoms with Gasteiger partial charge >= 0.3 is 0 Å². The van der Waals surface area contributed by atoms with Gasteiger partial charge in [0.15, 0.2) is 0 Å². The molecule has 1 heterocycles. The number of aromatic nitrogens is 1. The number of benzene rings is 3. The summed E-state index contributed by atoms with van der Waals surface area (Å²) in [5, 5.41) is 6.58. The van der Waals surface area contributed by atoms with Crippen molar-refractivity contribution < 1.29 is 9.59 Å². The first-order valence-electron chi connectivity index (χ1n) is 9.62. The van der Waals surface area contributed by atoms with Crippen LogP contribution < -0.4 is 10.6 Å². The van der Waals surface area contributed by atoms with E-state index in [1.165, 1.54) is 0 Å². The van der Waals surface area contributed by atoms with Crippen molar-refractivity contribution in [1.29, 1.82) is 0 Å². The van der Waals surface area contributed by atoms with E-state index in [0.717, 1.165) is 22.0 Å². The lowest BCUT2D eigenvalue weighted by Gasteiger charge is -2.11. The maximum atomic E-state index is 13.0. The van der Waals surface area contributed by atoms with Gasteiger partial charge in [-0.1, -0.05) is 54.1 Å². The minimum absolute atomic E-state index is 0.161. The monoisotopic (exact) mass is 395 g/mol. The van der Waals surface area contributed by atoms with Gasteiger partial charge in [0.05, 0.1) is 0 Å². The lowest BCUT2D eigenvalue weighted by molar-refractivity contribution is -0.113. The Morgan fingerprint density at radius 2 is 1.57 bits per heavy atom. The molecular weight excluding hydrogens is 374 g/mol. The highest BCUT2D eigenvalue weighted by Crippen LogP contribution is 2.20. The number of carbonyl (C=O) groups is 2. The Hall–Kier alpha value is -4.12. The van der Waals surface area contributed by atoms with Gasteiger partial charge in [-0.3, -0.25) is 9.59 Å². The quantitative estimate of drug-likeness (QED) is 0.421. The largest absolute Gasteiger partial charge is 0.361 e. The molecule has 4 rings (SSSR count). The highest BCUT2D eigenvalue weighted by molar-refractivity contribution is 6.11. The van der Waals surface area contributed by atoms with Crippen LogP contribution in [-0.2, 0) is 4.79 Å². The normalized spacial score (nSPS) is 11.3. The zero-order valence-corrected chi connectivity index (χ0v) is 16.5. The number of anilines is 1. The summed E-state index contributed by atoms with van der Waals surface area (Å²) in [6.07, 6.45) is 3.50. The number of carbonyl (C=O) groups excluding carboxylic acids is 2. The van der Waals surface area contributed by atoms with E-state index in [9.17, 15) is 9.59 Å². The van der Waals surface area contributed by atoms with E-state index in [-0.39, 0.29) is 11.6 Å². The van der Waals surface area contributed by atoms with Crippen LogP contribution in [0.4, 0.5) is 5.69 Å². The predicted octanol–water partition coefficient (Wildman–Crippen LogP) is 4.89. The van der Waals surface area contributed by atoms with Gasteiger partial charge in [-0.05, 0) is 43.3 Å². The highest BCUT2D eigenvalue weighted by Gasteiger charge is 2.16. The predicted molar refractivity (Wildman–Crippen MR) is 120 cm³/mol. The molecule has 5 nitrogen and oxygen atoms in total. The molecule has 0 aliphatic heterocycles. The smallest absolute Gasteiger partial charge is 0.272 e. The molecule has 30 heavy (non-hydrogen) atoms. The van der Waals surface area contributed by atoms with Crippen molar-refractivity contribution >= 4 is 34.5 Å². The Balaban J connectivity index is 1.67. The van der Waals surface area contributed by atoms with E-state index >= 15 is 0 Å². The first-order chi connectivity index (χ1) is 14.6. The molecule has 2 amide bonds. The van der Waals surface area contributed by atoms with Crippen LogP contribution in [0.25, 0.3) is 17.0 Å². The van der Waals surface area contributed by atoms with Gasteiger partial charge in [0.1, 0.15) is 5.70 Å². The van der Waals surface area contributed by atoms with E-state index in [0.29, 0.717) is 11.3 Å². The molecule has 0 fully saturated rings. The van der Waals surface area contributed by atoms with Crippen LogP contribution >= 0.6 is 0 Å². The lowest BCUT2D eigenvalue weighted by atomic mass is 10.1. The summed E-state index contributed by atoms with van der Waals surface area (Å²) >= 11 is 0. The third-order valence-electron chi connectivity index (χ3n) is 4.76. The van der Waals surface area contributed by atoms with Crippen molar-refractivity contribution in [1.82, 2.24) is 10.3 Å². The molecule has 3 aromatic carbocycles. The average Bonchev–Trinajstić information content (AvgIpc) is 3.18. The van der Waals surface area contributed by atoms with Gasteiger partial charge < -0.3 is 15.6 Å². The molecule has 0 saturated carbocycles. The Morgan fingerprint density at radius 3 is 2.33 bits per heavy atom. The fraction of sp³-hybridized carbons (Fsp3) is 0.0400. The minimum Gasteiger partial charge on any atom is -0.361 e. The molecule has 0 aliphatic rings. The molecule has 3 N–H and O–H groups in total. The van der Waals surface area contributed by atoms with Crippen LogP contribution in [0.1, 0.15) is 21.5 Å². The van der Waals surface area contributed by atoms with Gasteiger partial charge in [-0.15, -0.1) is 0 Å². The van der Waals surface area contributed by atoms with Crippen molar-refractivity contribution in [2.75, 3.05) is 5.32 Å². The fourth-order valence-corrected chi connectivity index (χ4v) is 3.15.